The molecular weight excluding hydrogens is 1100 g/mol. The number of likely N-dealkylation sites (N-methyl/N-ethyl adjacent to an activating group) is 1. The highest BCUT2D eigenvalue weighted by Gasteiger charge is 2.23. The van der Waals surface area contributed by atoms with Crippen molar-refractivity contribution in [2.24, 2.45) is 0 Å². The minimum atomic E-state index is -4.64. The van der Waals surface area contributed by atoms with E-state index in [1.165, 1.54) is 116 Å². The quantitative estimate of drug-likeness (QED) is 0.0272. The molecule has 0 bridgehead atoms. The molecule has 88 heavy (non-hydrogen) atoms. The first-order chi connectivity index (χ1) is 43.0. The third-order valence-corrected chi connectivity index (χ3v) is 15.5. The number of nitrogens with one attached hydrogen (secondary N) is 1. The van der Waals surface area contributed by atoms with Crippen LogP contribution in [-0.4, -0.2) is 68.5 Å². The molecule has 0 aliphatic carbocycles. The van der Waals surface area contributed by atoms with E-state index < -0.39 is 26.6 Å². The maximum absolute atomic E-state index is 13.0. The Labute approximate surface area is 542 Å². The number of allylic oxidation sites excluding steroid dienone is 29. The molecule has 0 rings (SSSR count). The lowest BCUT2D eigenvalue weighted by Crippen LogP contribution is -2.45. The number of carbonyl (C=O) groups is 1. The van der Waals surface area contributed by atoms with Crippen LogP contribution in [0.25, 0.3) is 0 Å². The second kappa shape index (κ2) is 67.0. The van der Waals surface area contributed by atoms with Gasteiger partial charge in [0.25, 0.3) is 7.82 Å². The predicted molar refractivity (Wildman–Crippen MR) is 384 cm³/mol. The zero-order valence-electron chi connectivity index (χ0n) is 56.8. The molecule has 8 nitrogen and oxygen atoms in total. The van der Waals surface area contributed by atoms with Gasteiger partial charge < -0.3 is 28.8 Å². The van der Waals surface area contributed by atoms with Gasteiger partial charge in [-0.25, -0.2) is 0 Å². The summed E-state index contributed by atoms with van der Waals surface area (Å²) < 4.78 is 23.4. The first-order valence-electron chi connectivity index (χ1n) is 35.1. The van der Waals surface area contributed by atoms with Crippen LogP contribution in [0.3, 0.4) is 0 Å². The van der Waals surface area contributed by atoms with Gasteiger partial charge in [0.15, 0.2) is 0 Å². The van der Waals surface area contributed by atoms with Crippen LogP contribution < -0.4 is 10.2 Å². The average Bonchev–Trinajstić information content (AvgIpc) is 3.70. The number of aliphatic hydroxyl groups is 1. The second-order valence-corrected chi connectivity index (χ2v) is 25.5. The van der Waals surface area contributed by atoms with Crippen LogP contribution in [0.2, 0.25) is 0 Å². The third kappa shape index (κ3) is 69.1. The molecule has 0 aromatic carbocycles. The first-order valence-corrected chi connectivity index (χ1v) is 36.6. The molecule has 0 fully saturated rings. The number of phosphoric ester groups is 1. The summed E-state index contributed by atoms with van der Waals surface area (Å²) in [6.45, 7) is 4.47. The van der Waals surface area contributed by atoms with Crippen LogP contribution in [0.4, 0.5) is 0 Å². The van der Waals surface area contributed by atoms with Gasteiger partial charge in [0.05, 0.1) is 39.9 Å². The summed E-state index contributed by atoms with van der Waals surface area (Å²) in [6.07, 6.45) is 107. The van der Waals surface area contributed by atoms with Crippen molar-refractivity contribution >= 4 is 13.7 Å². The van der Waals surface area contributed by atoms with E-state index in [4.69, 9.17) is 9.05 Å². The maximum Gasteiger partial charge on any atom is 0.268 e. The molecule has 3 atom stereocenters. The maximum atomic E-state index is 13.0. The molecule has 498 valence electrons. The van der Waals surface area contributed by atoms with E-state index in [-0.39, 0.29) is 18.9 Å². The van der Waals surface area contributed by atoms with Crippen molar-refractivity contribution in [1.29, 1.82) is 0 Å². The Balaban J connectivity index is 4.31. The van der Waals surface area contributed by atoms with Gasteiger partial charge in [-0.1, -0.05) is 299 Å². The van der Waals surface area contributed by atoms with Gasteiger partial charge in [-0.05, 0) is 135 Å². The normalized spacial score (nSPS) is 14.8. The van der Waals surface area contributed by atoms with Crippen LogP contribution in [0.15, 0.2) is 182 Å². The Morgan fingerprint density at radius 2 is 0.705 bits per heavy atom. The molecule has 0 saturated carbocycles. The van der Waals surface area contributed by atoms with Gasteiger partial charge in [0.2, 0.25) is 5.91 Å². The molecule has 9 heteroatoms. The van der Waals surface area contributed by atoms with E-state index in [0.717, 1.165) is 109 Å². The molecular formula is C79H131N2O6P. The number of unbranched alkanes of at least 4 members (excludes halogenated alkanes) is 21. The highest BCUT2D eigenvalue weighted by molar-refractivity contribution is 7.45. The number of hydrogen-bond donors (Lipinski definition) is 2. The second-order valence-electron chi connectivity index (χ2n) is 24.1. The number of phosphoric acid groups is 1. The molecule has 0 spiro atoms. The minimum absolute atomic E-state index is 0.0277. The molecule has 0 saturated heterocycles. The summed E-state index contributed by atoms with van der Waals surface area (Å²) in [5.41, 5.74) is 0. The molecule has 1 amide bonds. The summed E-state index contributed by atoms with van der Waals surface area (Å²) >= 11 is 0. The number of hydrogen-bond acceptors (Lipinski definition) is 6. The Morgan fingerprint density at radius 3 is 1.06 bits per heavy atom. The molecule has 3 unspecified atom stereocenters. The average molecular weight is 1240 g/mol. The lowest BCUT2D eigenvalue weighted by Gasteiger charge is -2.29. The largest absolute Gasteiger partial charge is 0.756 e. The van der Waals surface area contributed by atoms with E-state index in [2.05, 4.69) is 189 Å². The van der Waals surface area contributed by atoms with E-state index >= 15 is 0 Å². The fourth-order valence-corrected chi connectivity index (χ4v) is 9.89. The molecule has 0 heterocycles. The van der Waals surface area contributed by atoms with Crippen molar-refractivity contribution in [3.63, 3.8) is 0 Å². The van der Waals surface area contributed by atoms with Crippen LogP contribution in [0.5, 0.6) is 0 Å². The minimum Gasteiger partial charge on any atom is -0.756 e. The van der Waals surface area contributed by atoms with Gasteiger partial charge in [-0.3, -0.25) is 9.36 Å². The standard InChI is InChI=1S/C79H131N2O6P/c1-6-8-10-12-14-16-18-20-22-24-26-28-30-32-34-35-36-37-38-39-40-41-42-43-44-45-47-49-51-53-55-57-59-61-63-65-67-69-71-73-79(83)80-77(76-87-88(84,85)86-75-74-81(3,4)5)78(82)72-70-68-66-64-62-60-58-56-54-52-50-48-46-33-31-29-27-25-23-21-19-17-15-13-11-9-7-2/h8,10,14,16,20,22,26,28,32,34,36-37,39-40,42-43,45,47,51,53-54,56-57,59,62-65,70,72,77-78,82H,6-7,9,11-13,15,17-19,21,23-25,27,29-31,33,35,38,41,44,46,48-50,52,55,58,60-61,66-69,71,73-76H2,1-5H3,(H-,80,83,84,85)/b10-8-,16-14-,22-20-,28-26-,34-32-,37-36-,40-39-,43-42-,47-45-,53-51-,56-54+,59-57-,64-62+,65-63-,72-70+. The van der Waals surface area contributed by atoms with Crippen LogP contribution in [0, 0.1) is 0 Å². The zero-order valence-corrected chi connectivity index (χ0v) is 57.7. The lowest BCUT2D eigenvalue weighted by atomic mass is 10.0. The Bertz CT molecular complexity index is 2090. The number of amides is 1. The van der Waals surface area contributed by atoms with Gasteiger partial charge in [-0.2, -0.15) is 0 Å². The van der Waals surface area contributed by atoms with Crippen molar-refractivity contribution in [2.45, 2.75) is 270 Å². The van der Waals surface area contributed by atoms with E-state index in [1.807, 2.05) is 27.2 Å². The highest BCUT2D eigenvalue weighted by atomic mass is 31.2. The summed E-state index contributed by atoms with van der Waals surface area (Å²) in [6, 6.07) is -0.950. The number of aliphatic hydroxyl groups excluding tert-OH is 1. The number of quaternary nitrogens is 1. The van der Waals surface area contributed by atoms with Crippen molar-refractivity contribution in [3.05, 3.63) is 182 Å². The van der Waals surface area contributed by atoms with E-state index in [9.17, 15) is 19.4 Å². The Kier molecular flexibility index (Phi) is 63.7. The summed E-state index contributed by atoms with van der Waals surface area (Å²) in [7, 11) is 1.18. The summed E-state index contributed by atoms with van der Waals surface area (Å²) in [5.74, 6) is -0.260. The van der Waals surface area contributed by atoms with Crippen molar-refractivity contribution < 1.29 is 32.9 Å². The summed E-state index contributed by atoms with van der Waals surface area (Å²) in [5, 5.41) is 13.9. The van der Waals surface area contributed by atoms with Gasteiger partial charge in [-0.15, -0.1) is 0 Å². The molecule has 2 N–H and O–H groups in total. The molecule has 0 aliphatic rings. The first kappa shape index (κ1) is 83.6. The Morgan fingerprint density at radius 1 is 0.409 bits per heavy atom. The smallest absolute Gasteiger partial charge is 0.268 e. The number of nitrogens with zero attached hydrogens (tertiary/aromatic N) is 1. The molecule has 0 aromatic rings. The molecule has 0 aliphatic heterocycles. The zero-order chi connectivity index (χ0) is 64.1. The third-order valence-electron chi connectivity index (χ3n) is 14.6. The highest BCUT2D eigenvalue weighted by Crippen LogP contribution is 2.38. The monoisotopic (exact) mass is 1230 g/mol. The molecule has 0 radical (unpaired) electrons. The molecule has 0 aromatic heterocycles. The van der Waals surface area contributed by atoms with Gasteiger partial charge in [0, 0.05) is 6.42 Å². The number of rotatable bonds is 62. The van der Waals surface area contributed by atoms with Crippen molar-refractivity contribution in [1.82, 2.24) is 5.32 Å². The summed E-state index contributed by atoms with van der Waals surface area (Å²) in [4.78, 5) is 25.6. The van der Waals surface area contributed by atoms with Gasteiger partial charge >= 0.3 is 0 Å². The topological polar surface area (TPSA) is 108 Å². The lowest BCUT2D eigenvalue weighted by molar-refractivity contribution is -0.870. The Hall–Kier alpha value is -4.40. The fraction of sp³-hybridized carbons (Fsp3) is 0.608. The van der Waals surface area contributed by atoms with Crippen LogP contribution in [0.1, 0.15) is 258 Å². The SMILES string of the molecule is CC/C=C\C/C=C\C/C=C\C/C=C\C/C=C\C/C=C\C/C=C\C/C=C\C/C=C\C/C=C\C/C=C\C/C=C\CCCCC(=O)NC(COP(=O)([O-])OCC[N+](C)(C)C)C(O)/C=C/CC/C=C/CC/C=C/CCCCCCCCCCCCCCCCCCC. The fourth-order valence-electron chi connectivity index (χ4n) is 9.17. The van der Waals surface area contributed by atoms with E-state index in [0.29, 0.717) is 23.9 Å². The van der Waals surface area contributed by atoms with Crippen LogP contribution >= 0.6 is 7.82 Å². The van der Waals surface area contributed by atoms with E-state index in [1.54, 1.807) is 6.08 Å². The van der Waals surface area contributed by atoms with Gasteiger partial charge in [0.1, 0.15) is 13.2 Å². The van der Waals surface area contributed by atoms with Crippen LogP contribution in [-0.2, 0) is 18.4 Å². The van der Waals surface area contributed by atoms with Crippen molar-refractivity contribution in [2.75, 3.05) is 40.9 Å². The predicted octanol–water partition coefficient (Wildman–Crippen LogP) is 22.2. The number of carbonyl (C=O) groups excluding carboxylic acids is 1. The van der Waals surface area contributed by atoms with Crippen molar-refractivity contribution in [3.8, 4) is 0 Å².